The molecule has 1 saturated heterocycles. The van der Waals surface area contributed by atoms with E-state index < -0.39 is 0 Å². The smallest absolute Gasteiger partial charge is 0.260 e. The number of para-hydroxylation sites is 1. The van der Waals surface area contributed by atoms with Gasteiger partial charge in [-0.15, -0.1) is 10.2 Å². The van der Waals surface area contributed by atoms with Crippen molar-refractivity contribution in [3.8, 4) is 23.0 Å². The van der Waals surface area contributed by atoms with Crippen LogP contribution >= 0.6 is 11.3 Å². The number of ether oxygens (including phenoxy) is 2. The number of hydrogen-bond donors (Lipinski definition) is 0. The Morgan fingerprint density at radius 2 is 2.23 bits per heavy atom. The lowest BCUT2D eigenvalue weighted by Crippen LogP contribution is -2.41. The lowest BCUT2D eigenvalue weighted by molar-refractivity contribution is -0.134. The summed E-state index contributed by atoms with van der Waals surface area (Å²) < 4.78 is 17.8. The molecule has 2 aliphatic heterocycles. The lowest BCUT2D eigenvalue weighted by atomic mass is 9.98. The molecule has 2 aliphatic rings. The fourth-order valence-corrected chi connectivity index (χ4v) is 4.87. The molecule has 1 amide bonds. The Balaban J connectivity index is 1.22. The summed E-state index contributed by atoms with van der Waals surface area (Å²) in [5.74, 6) is 2.51. The van der Waals surface area contributed by atoms with E-state index in [2.05, 4.69) is 24.0 Å². The summed E-state index contributed by atoms with van der Waals surface area (Å²) in [5, 5.41) is 12.4. The molecule has 4 heterocycles. The Morgan fingerprint density at radius 1 is 1.32 bits per heavy atom. The van der Waals surface area contributed by atoms with Crippen LogP contribution < -0.4 is 9.47 Å². The van der Waals surface area contributed by atoms with Gasteiger partial charge in [-0.1, -0.05) is 12.1 Å². The van der Waals surface area contributed by atoms with Gasteiger partial charge in [0, 0.05) is 36.0 Å². The largest absolute Gasteiger partial charge is 0.483 e. The average Bonchev–Trinajstić information content (AvgIpc) is 3.50. The molecule has 0 radical (unpaired) electrons. The monoisotopic (exact) mass is 439 g/mol. The first kappa shape index (κ1) is 20.1. The first-order chi connectivity index (χ1) is 15.0. The van der Waals surface area contributed by atoms with Crippen LogP contribution in [0, 0.1) is 0 Å². The first-order valence-corrected chi connectivity index (χ1v) is 11.5. The van der Waals surface area contributed by atoms with Crippen molar-refractivity contribution >= 4 is 17.2 Å². The molecular formula is C23H25N3O4S. The van der Waals surface area contributed by atoms with Crippen molar-refractivity contribution in [2.45, 2.75) is 44.6 Å². The highest BCUT2D eigenvalue weighted by molar-refractivity contribution is 7.08. The van der Waals surface area contributed by atoms with Crippen LogP contribution in [-0.2, 0) is 11.2 Å². The number of carbonyl (C=O) groups is 1. The van der Waals surface area contributed by atoms with Gasteiger partial charge in [0.1, 0.15) is 5.60 Å². The van der Waals surface area contributed by atoms with Gasteiger partial charge >= 0.3 is 0 Å². The quantitative estimate of drug-likeness (QED) is 0.590. The van der Waals surface area contributed by atoms with Gasteiger partial charge in [-0.05, 0) is 44.2 Å². The Labute approximate surface area is 185 Å². The zero-order valence-electron chi connectivity index (χ0n) is 17.7. The van der Waals surface area contributed by atoms with Crippen LogP contribution in [-0.4, -0.2) is 46.3 Å². The van der Waals surface area contributed by atoms with Crippen molar-refractivity contribution < 1.29 is 18.7 Å². The second-order valence-electron chi connectivity index (χ2n) is 8.71. The normalized spacial score (nSPS) is 19.7. The molecule has 0 N–H and O–H groups in total. The van der Waals surface area contributed by atoms with Gasteiger partial charge < -0.3 is 18.8 Å². The van der Waals surface area contributed by atoms with Gasteiger partial charge in [0.2, 0.25) is 11.8 Å². The van der Waals surface area contributed by atoms with Gasteiger partial charge in [0.05, 0.1) is 5.92 Å². The SMILES string of the molecule is CC1(C)Cc2cccc(OCC(=O)N3CCCC(c4nnc(-c5ccsc5)o4)C3)c2O1. The predicted molar refractivity (Wildman–Crippen MR) is 117 cm³/mol. The van der Waals surface area contributed by atoms with Crippen LogP contribution in [0.1, 0.15) is 44.1 Å². The molecule has 8 heteroatoms. The Bertz CT molecular complexity index is 1080. The lowest BCUT2D eigenvalue weighted by Gasteiger charge is -2.31. The number of benzene rings is 1. The highest BCUT2D eigenvalue weighted by atomic mass is 32.1. The van der Waals surface area contributed by atoms with E-state index in [1.807, 2.05) is 39.9 Å². The molecule has 1 atom stereocenters. The third-order valence-corrected chi connectivity index (χ3v) is 6.42. The van der Waals surface area contributed by atoms with Gasteiger partial charge in [-0.2, -0.15) is 11.3 Å². The number of likely N-dealkylation sites (tertiary alicyclic amines) is 1. The maximum Gasteiger partial charge on any atom is 0.260 e. The zero-order valence-corrected chi connectivity index (χ0v) is 18.5. The minimum absolute atomic E-state index is 0.0169. The number of rotatable bonds is 5. The Morgan fingerprint density at radius 3 is 3.06 bits per heavy atom. The van der Waals surface area contributed by atoms with Crippen molar-refractivity contribution in [2.75, 3.05) is 19.7 Å². The van der Waals surface area contributed by atoms with E-state index in [0.717, 1.165) is 36.1 Å². The van der Waals surface area contributed by atoms with Crippen molar-refractivity contribution in [1.82, 2.24) is 15.1 Å². The van der Waals surface area contributed by atoms with Gasteiger partial charge in [-0.3, -0.25) is 4.79 Å². The van der Waals surface area contributed by atoms with E-state index in [4.69, 9.17) is 13.9 Å². The summed E-state index contributed by atoms with van der Waals surface area (Å²) in [6.45, 7) is 5.36. The maximum absolute atomic E-state index is 12.9. The van der Waals surface area contributed by atoms with Crippen LogP contribution in [0.15, 0.2) is 39.4 Å². The van der Waals surface area contributed by atoms with E-state index in [1.165, 1.54) is 0 Å². The molecule has 31 heavy (non-hydrogen) atoms. The minimum atomic E-state index is -0.252. The minimum Gasteiger partial charge on any atom is -0.483 e. The van der Waals surface area contributed by atoms with Gasteiger partial charge in [-0.25, -0.2) is 0 Å². The number of thiophene rings is 1. The fraction of sp³-hybridized carbons (Fsp3) is 0.435. The molecule has 0 saturated carbocycles. The van der Waals surface area contributed by atoms with E-state index in [-0.39, 0.29) is 24.0 Å². The summed E-state index contributed by atoms with van der Waals surface area (Å²) in [6, 6.07) is 7.81. The van der Waals surface area contributed by atoms with Crippen LogP contribution in [0.3, 0.4) is 0 Å². The predicted octanol–water partition coefficient (Wildman–Crippen LogP) is 4.30. The summed E-state index contributed by atoms with van der Waals surface area (Å²) in [7, 11) is 0. The molecule has 162 valence electrons. The maximum atomic E-state index is 12.9. The summed E-state index contributed by atoms with van der Waals surface area (Å²) in [4.78, 5) is 14.7. The van der Waals surface area contributed by atoms with E-state index >= 15 is 0 Å². The zero-order chi connectivity index (χ0) is 21.4. The van der Waals surface area contributed by atoms with Crippen LogP contribution in [0.2, 0.25) is 0 Å². The van der Waals surface area contributed by atoms with Crippen LogP contribution in [0.25, 0.3) is 11.5 Å². The molecule has 0 spiro atoms. The average molecular weight is 440 g/mol. The van der Waals surface area contributed by atoms with Gasteiger partial charge in [0.25, 0.3) is 5.91 Å². The second kappa shape index (κ2) is 8.00. The van der Waals surface area contributed by atoms with Crippen LogP contribution in [0.4, 0.5) is 0 Å². The number of amides is 1. The second-order valence-corrected chi connectivity index (χ2v) is 9.49. The molecule has 1 fully saturated rings. The molecule has 2 aromatic heterocycles. The number of hydrogen-bond acceptors (Lipinski definition) is 7. The Hall–Kier alpha value is -2.87. The van der Waals surface area contributed by atoms with Crippen LogP contribution in [0.5, 0.6) is 11.5 Å². The van der Waals surface area contributed by atoms with E-state index in [9.17, 15) is 4.79 Å². The van der Waals surface area contributed by atoms with E-state index in [1.54, 1.807) is 11.3 Å². The highest BCUT2D eigenvalue weighted by Crippen LogP contribution is 2.41. The summed E-state index contributed by atoms with van der Waals surface area (Å²) >= 11 is 1.59. The number of piperidine rings is 1. The molecule has 5 rings (SSSR count). The molecule has 0 aliphatic carbocycles. The van der Waals surface area contributed by atoms with Gasteiger partial charge in [0.15, 0.2) is 18.1 Å². The summed E-state index contributed by atoms with van der Waals surface area (Å²) in [5.41, 5.74) is 1.80. The Kier molecular flexibility index (Phi) is 5.17. The molecule has 3 aromatic rings. The van der Waals surface area contributed by atoms with E-state index in [0.29, 0.717) is 30.6 Å². The van der Waals surface area contributed by atoms with Crippen molar-refractivity contribution in [2.24, 2.45) is 0 Å². The molecule has 0 bridgehead atoms. The third-order valence-electron chi connectivity index (χ3n) is 5.74. The number of aromatic nitrogens is 2. The first-order valence-electron chi connectivity index (χ1n) is 10.6. The molecule has 1 unspecified atom stereocenters. The molecule has 1 aromatic carbocycles. The van der Waals surface area contributed by atoms with Crippen molar-refractivity contribution in [1.29, 1.82) is 0 Å². The van der Waals surface area contributed by atoms with Crippen molar-refractivity contribution in [3.63, 3.8) is 0 Å². The number of nitrogens with zero attached hydrogens (tertiary/aromatic N) is 3. The third kappa shape index (κ3) is 4.17. The standard InChI is InChI=1S/C23H25N3O4S/c1-23(2)11-15-5-3-7-18(20(15)30-23)28-13-19(27)26-9-4-6-16(12-26)21-24-25-22(29-21)17-8-10-31-14-17/h3,5,7-8,10,14,16H,4,6,9,11-13H2,1-2H3. The molecular weight excluding hydrogens is 414 g/mol. The summed E-state index contributed by atoms with van der Waals surface area (Å²) in [6.07, 6.45) is 2.65. The topological polar surface area (TPSA) is 77.7 Å². The molecule has 7 nitrogen and oxygen atoms in total. The number of fused-ring (bicyclic) bond motifs is 1. The van der Waals surface area contributed by atoms with Crippen molar-refractivity contribution in [3.05, 3.63) is 46.5 Å². The highest BCUT2D eigenvalue weighted by Gasteiger charge is 2.33. The number of carbonyl (C=O) groups excluding carboxylic acids is 1. The fourth-order valence-electron chi connectivity index (χ4n) is 4.24.